The largest absolute Gasteiger partial charge is 0.480 e. The van der Waals surface area contributed by atoms with Gasteiger partial charge in [0.1, 0.15) is 12.1 Å². The van der Waals surface area contributed by atoms with Gasteiger partial charge in [-0.2, -0.15) is 0 Å². The molecule has 0 radical (unpaired) electrons. The van der Waals surface area contributed by atoms with E-state index in [1.807, 2.05) is 34.6 Å². The number of hydrogen-bond donors (Lipinski definition) is 3. The minimum Gasteiger partial charge on any atom is -0.480 e. The Kier molecular flexibility index (Phi) is 9.18. The molecule has 9 nitrogen and oxygen atoms in total. The number of carboxylic acid groups (broad SMARTS) is 1. The number of likely N-dealkylation sites (tertiary alicyclic amines) is 1. The van der Waals surface area contributed by atoms with E-state index in [1.165, 1.54) is 4.90 Å². The van der Waals surface area contributed by atoms with Crippen molar-refractivity contribution in [1.29, 1.82) is 0 Å². The Bertz CT molecular complexity index is 926. The number of nitrogens with zero attached hydrogens (tertiary/aromatic N) is 1. The highest BCUT2D eigenvalue weighted by atomic mass is 32.2. The van der Waals surface area contributed by atoms with Crippen LogP contribution in [0.15, 0.2) is 0 Å². The SMILES string of the molecule is CC(C)C1C[C@@H](C(=O)O)N(C(=O)[C@@H](NC(=O)NC2(CS(=O)(=O)C(C)(C)C)CCCCC2)C(C)(C)C)C1. The first-order valence-electron chi connectivity index (χ1n) is 13.1. The van der Waals surface area contributed by atoms with Gasteiger partial charge in [0.05, 0.1) is 16.0 Å². The highest BCUT2D eigenvalue weighted by molar-refractivity contribution is 7.92. The number of sulfone groups is 1. The normalized spacial score (nSPS) is 23.9. The number of urea groups is 1. The fourth-order valence-corrected chi connectivity index (χ4v) is 6.69. The van der Waals surface area contributed by atoms with Crippen LogP contribution in [0.1, 0.15) is 93.9 Å². The van der Waals surface area contributed by atoms with Crippen LogP contribution in [0.3, 0.4) is 0 Å². The Morgan fingerprint density at radius 1 is 1.03 bits per heavy atom. The average molecular weight is 530 g/mol. The molecule has 0 aromatic rings. The Labute approximate surface area is 217 Å². The van der Waals surface area contributed by atoms with Crippen LogP contribution in [0.2, 0.25) is 0 Å². The highest BCUT2D eigenvalue weighted by Gasteiger charge is 2.47. The standard InChI is InChI=1S/C26H47N3O6S/c1-17(2)18-14-19(22(31)32)29(15-18)21(30)20(24(3,4)5)27-23(33)28-26(12-10-9-11-13-26)16-36(34,35)25(6,7)8/h17-20H,9-16H2,1-8H3,(H,31,32)(H2,27,28,33)/t18?,19-,20+/m0/s1. The molecular weight excluding hydrogens is 482 g/mol. The maximum Gasteiger partial charge on any atom is 0.326 e. The van der Waals surface area contributed by atoms with E-state index in [4.69, 9.17) is 0 Å². The molecule has 1 unspecified atom stereocenters. The summed E-state index contributed by atoms with van der Waals surface area (Å²) in [6.07, 6.45) is 4.08. The molecular formula is C26H47N3O6S. The zero-order valence-corrected chi connectivity index (χ0v) is 24.1. The van der Waals surface area contributed by atoms with E-state index in [0.29, 0.717) is 25.8 Å². The second-order valence-electron chi connectivity index (χ2n) is 13.2. The van der Waals surface area contributed by atoms with Crippen LogP contribution in [0.4, 0.5) is 4.79 Å². The number of carbonyl (C=O) groups excluding carboxylic acids is 2. The maximum absolute atomic E-state index is 13.7. The van der Waals surface area contributed by atoms with Gasteiger partial charge in [-0.15, -0.1) is 0 Å². The van der Waals surface area contributed by atoms with Crippen molar-refractivity contribution >= 4 is 27.7 Å². The number of carbonyl (C=O) groups is 3. The second-order valence-corrected chi connectivity index (χ2v) is 15.9. The van der Waals surface area contributed by atoms with Crippen LogP contribution in [-0.4, -0.2) is 71.0 Å². The zero-order valence-electron chi connectivity index (χ0n) is 23.3. The van der Waals surface area contributed by atoms with Crippen LogP contribution in [0.5, 0.6) is 0 Å². The lowest BCUT2D eigenvalue weighted by Gasteiger charge is -2.41. The van der Waals surface area contributed by atoms with Gasteiger partial charge >= 0.3 is 12.0 Å². The molecule has 1 heterocycles. The zero-order chi connectivity index (χ0) is 27.7. The van der Waals surface area contributed by atoms with Crippen LogP contribution in [0, 0.1) is 17.3 Å². The maximum atomic E-state index is 13.7. The summed E-state index contributed by atoms with van der Waals surface area (Å²) in [6.45, 7) is 14.8. The summed E-state index contributed by atoms with van der Waals surface area (Å²) >= 11 is 0. The molecule has 0 spiro atoms. The predicted octanol–water partition coefficient (Wildman–Crippen LogP) is 3.57. The van der Waals surface area contributed by atoms with Gasteiger partial charge in [0, 0.05) is 6.54 Å². The van der Waals surface area contributed by atoms with Crippen molar-refractivity contribution < 1.29 is 27.9 Å². The lowest BCUT2D eigenvalue weighted by molar-refractivity contribution is -0.150. The highest BCUT2D eigenvalue weighted by Crippen LogP contribution is 2.34. The summed E-state index contributed by atoms with van der Waals surface area (Å²) < 4.78 is 25.2. The van der Waals surface area contributed by atoms with E-state index in [1.54, 1.807) is 20.8 Å². The molecule has 2 rings (SSSR count). The third-order valence-corrected chi connectivity index (χ3v) is 10.6. The monoisotopic (exact) mass is 529 g/mol. The summed E-state index contributed by atoms with van der Waals surface area (Å²) in [5.41, 5.74) is -1.59. The molecule has 1 saturated heterocycles. The van der Waals surface area contributed by atoms with Crippen molar-refractivity contribution in [2.75, 3.05) is 12.3 Å². The smallest absolute Gasteiger partial charge is 0.326 e. The number of aliphatic carboxylic acids is 1. The lowest BCUT2D eigenvalue weighted by Crippen LogP contribution is -2.63. The summed E-state index contributed by atoms with van der Waals surface area (Å²) in [5, 5.41) is 15.5. The van der Waals surface area contributed by atoms with Crippen LogP contribution in [-0.2, 0) is 19.4 Å². The number of amides is 3. The molecule has 0 bridgehead atoms. The Morgan fingerprint density at radius 2 is 1.58 bits per heavy atom. The Morgan fingerprint density at radius 3 is 2.03 bits per heavy atom. The van der Waals surface area contributed by atoms with E-state index in [-0.39, 0.29) is 17.6 Å². The molecule has 3 amide bonds. The first-order valence-corrected chi connectivity index (χ1v) is 14.8. The van der Waals surface area contributed by atoms with Crippen molar-refractivity contribution in [3.8, 4) is 0 Å². The first-order chi connectivity index (χ1) is 16.3. The number of carboxylic acids is 1. The third-order valence-electron chi connectivity index (χ3n) is 7.82. The molecule has 208 valence electrons. The second kappa shape index (κ2) is 10.9. The van der Waals surface area contributed by atoms with Gasteiger partial charge in [-0.05, 0) is 57.3 Å². The van der Waals surface area contributed by atoms with E-state index >= 15 is 0 Å². The van der Waals surface area contributed by atoms with E-state index < -0.39 is 55.5 Å². The van der Waals surface area contributed by atoms with Crippen LogP contribution >= 0.6 is 0 Å². The minimum absolute atomic E-state index is 0.0672. The average Bonchev–Trinajstić information content (AvgIpc) is 3.16. The van der Waals surface area contributed by atoms with Crippen LogP contribution in [0.25, 0.3) is 0 Å². The Balaban J connectivity index is 2.28. The quantitative estimate of drug-likeness (QED) is 0.462. The lowest BCUT2D eigenvalue weighted by atomic mass is 9.83. The minimum atomic E-state index is -3.50. The van der Waals surface area contributed by atoms with E-state index in [9.17, 15) is 27.9 Å². The number of hydrogen-bond acceptors (Lipinski definition) is 5. The number of rotatable bonds is 7. The molecule has 2 aliphatic rings. The van der Waals surface area contributed by atoms with E-state index in [2.05, 4.69) is 10.6 Å². The summed E-state index contributed by atoms with van der Waals surface area (Å²) in [7, 11) is -3.50. The van der Waals surface area contributed by atoms with Crippen LogP contribution < -0.4 is 10.6 Å². The predicted molar refractivity (Wildman–Crippen MR) is 140 cm³/mol. The van der Waals surface area contributed by atoms with Gasteiger partial charge in [-0.3, -0.25) is 4.79 Å². The van der Waals surface area contributed by atoms with Crippen molar-refractivity contribution in [3.63, 3.8) is 0 Å². The van der Waals surface area contributed by atoms with Crippen molar-refractivity contribution in [2.45, 2.75) is 116 Å². The fraction of sp³-hybridized carbons (Fsp3) is 0.885. The third kappa shape index (κ3) is 7.13. The van der Waals surface area contributed by atoms with Gasteiger partial charge in [0.15, 0.2) is 9.84 Å². The molecule has 3 atom stereocenters. The van der Waals surface area contributed by atoms with Gasteiger partial charge in [-0.25, -0.2) is 18.0 Å². The van der Waals surface area contributed by atoms with Gasteiger partial charge in [-0.1, -0.05) is 53.9 Å². The van der Waals surface area contributed by atoms with Crippen molar-refractivity contribution in [2.24, 2.45) is 17.3 Å². The molecule has 36 heavy (non-hydrogen) atoms. The first kappa shape index (κ1) is 30.4. The number of nitrogens with one attached hydrogen (secondary N) is 2. The molecule has 2 fully saturated rings. The molecule has 1 saturated carbocycles. The summed E-state index contributed by atoms with van der Waals surface area (Å²) in [5.74, 6) is -1.33. The molecule has 0 aromatic heterocycles. The molecule has 1 aliphatic carbocycles. The van der Waals surface area contributed by atoms with Crippen molar-refractivity contribution in [1.82, 2.24) is 15.5 Å². The fourth-order valence-electron chi connectivity index (χ4n) is 5.17. The van der Waals surface area contributed by atoms with Gasteiger partial charge < -0.3 is 20.6 Å². The van der Waals surface area contributed by atoms with E-state index in [0.717, 1.165) is 19.3 Å². The summed E-state index contributed by atoms with van der Waals surface area (Å²) in [4.78, 5) is 40.3. The Hall–Kier alpha value is -1.84. The van der Waals surface area contributed by atoms with Crippen molar-refractivity contribution in [3.05, 3.63) is 0 Å². The van der Waals surface area contributed by atoms with Gasteiger partial charge in [0.2, 0.25) is 5.91 Å². The van der Waals surface area contributed by atoms with Gasteiger partial charge in [0.25, 0.3) is 0 Å². The summed E-state index contributed by atoms with van der Waals surface area (Å²) in [6, 6.07) is -2.49. The molecule has 1 aliphatic heterocycles. The topological polar surface area (TPSA) is 133 Å². The molecule has 3 N–H and O–H groups in total. The molecule has 0 aromatic carbocycles. The molecule has 10 heteroatoms.